The smallest absolute Gasteiger partial charge is 0.354 e. The van der Waals surface area contributed by atoms with Crippen LogP contribution in [0.2, 0.25) is 5.02 Å². The van der Waals surface area contributed by atoms with Gasteiger partial charge in [-0.3, -0.25) is 9.59 Å². The van der Waals surface area contributed by atoms with Gasteiger partial charge in [0, 0.05) is 29.5 Å². The number of carbonyl (C=O) groups is 3. The zero-order chi connectivity index (χ0) is 18.6. The number of carbonyl (C=O) groups excluding carboxylic acids is 2. The highest BCUT2D eigenvalue weighted by Gasteiger charge is 2.39. The second-order valence-corrected chi connectivity index (χ2v) is 7.16. The van der Waals surface area contributed by atoms with Crippen LogP contribution in [0.3, 0.4) is 0 Å². The number of carboxylic acids is 1. The van der Waals surface area contributed by atoms with Gasteiger partial charge < -0.3 is 9.67 Å². The lowest BCUT2D eigenvalue weighted by atomic mass is 9.86. The molecule has 7 heteroatoms. The number of aromatic nitrogens is 1. The van der Waals surface area contributed by atoms with Crippen molar-refractivity contribution in [2.45, 2.75) is 32.1 Å². The first kappa shape index (κ1) is 16.8. The molecular weight excluding hydrogens is 356 g/mol. The van der Waals surface area contributed by atoms with Gasteiger partial charge in [-0.15, -0.1) is 0 Å². The quantitative estimate of drug-likeness (QED) is 0.816. The van der Waals surface area contributed by atoms with E-state index in [-0.39, 0.29) is 23.7 Å². The minimum atomic E-state index is -1.20. The highest BCUT2D eigenvalue weighted by Crippen LogP contribution is 2.40. The molecule has 4 rings (SSSR count). The van der Waals surface area contributed by atoms with Gasteiger partial charge in [-0.2, -0.15) is 0 Å². The Morgan fingerprint density at radius 3 is 2.65 bits per heavy atom. The van der Waals surface area contributed by atoms with Gasteiger partial charge in [-0.25, -0.2) is 9.69 Å². The second-order valence-electron chi connectivity index (χ2n) is 6.72. The maximum absolute atomic E-state index is 13.1. The number of rotatable bonds is 2. The number of aromatic carboxylic acids is 1. The van der Waals surface area contributed by atoms with Crippen molar-refractivity contribution in [1.82, 2.24) is 4.57 Å². The molecule has 2 heterocycles. The number of imide groups is 1. The SMILES string of the molecule is Cn1c(C(=O)O)c(N2C(=O)CC3=C(CCCC3)C2=O)c2cc(Cl)ccc21. The fourth-order valence-electron chi connectivity index (χ4n) is 4.03. The summed E-state index contributed by atoms with van der Waals surface area (Å²) in [4.78, 5) is 38.9. The average Bonchev–Trinajstić information content (AvgIpc) is 2.87. The Kier molecular flexibility index (Phi) is 3.88. The van der Waals surface area contributed by atoms with E-state index < -0.39 is 11.9 Å². The summed E-state index contributed by atoms with van der Waals surface area (Å²) in [5, 5.41) is 10.6. The molecule has 0 saturated heterocycles. The molecule has 1 aliphatic heterocycles. The van der Waals surface area contributed by atoms with Gasteiger partial charge in [0.05, 0.1) is 11.2 Å². The van der Waals surface area contributed by atoms with Crippen molar-refractivity contribution in [2.75, 3.05) is 4.90 Å². The molecule has 6 nitrogen and oxygen atoms in total. The number of aryl methyl sites for hydroxylation is 1. The van der Waals surface area contributed by atoms with Crippen molar-refractivity contribution in [2.24, 2.45) is 7.05 Å². The largest absolute Gasteiger partial charge is 0.477 e. The van der Waals surface area contributed by atoms with E-state index in [0.29, 0.717) is 27.9 Å². The molecule has 0 fully saturated rings. The maximum atomic E-state index is 13.1. The lowest BCUT2D eigenvalue weighted by molar-refractivity contribution is -0.125. The number of halogens is 1. The van der Waals surface area contributed by atoms with E-state index in [0.717, 1.165) is 29.7 Å². The molecular formula is C19H17ClN2O4. The van der Waals surface area contributed by atoms with Crippen LogP contribution in [0.1, 0.15) is 42.6 Å². The molecule has 2 amide bonds. The Hall–Kier alpha value is -2.60. The first-order valence-corrected chi connectivity index (χ1v) is 8.87. The molecule has 134 valence electrons. The minimum Gasteiger partial charge on any atom is -0.477 e. The van der Waals surface area contributed by atoms with Crippen LogP contribution in [0.5, 0.6) is 0 Å². The molecule has 2 aliphatic rings. The Morgan fingerprint density at radius 2 is 1.92 bits per heavy atom. The van der Waals surface area contributed by atoms with Crippen molar-refractivity contribution in [3.63, 3.8) is 0 Å². The molecule has 0 spiro atoms. The first-order valence-electron chi connectivity index (χ1n) is 8.49. The number of carboxylic acid groups (broad SMARTS) is 1. The number of hydrogen-bond donors (Lipinski definition) is 1. The molecule has 0 radical (unpaired) electrons. The van der Waals surface area contributed by atoms with Crippen molar-refractivity contribution >= 4 is 46.0 Å². The second kappa shape index (κ2) is 5.99. The molecule has 0 saturated carbocycles. The van der Waals surface area contributed by atoms with Crippen molar-refractivity contribution in [3.05, 3.63) is 40.1 Å². The predicted molar refractivity (Wildman–Crippen MR) is 97.5 cm³/mol. The maximum Gasteiger partial charge on any atom is 0.354 e. The molecule has 26 heavy (non-hydrogen) atoms. The highest BCUT2D eigenvalue weighted by atomic mass is 35.5. The van der Waals surface area contributed by atoms with E-state index in [1.165, 1.54) is 4.57 Å². The summed E-state index contributed by atoms with van der Waals surface area (Å²) >= 11 is 6.10. The number of benzene rings is 1. The van der Waals surface area contributed by atoms with Gasteiger partial charge in [-0.05, 0) is 43.9 Å². The van der Waals surface area contributed by atoms with Crippen molar-refractivity contribution < 1.29 is 19.5 Å². The van der Waals surface area contributed by atoms with Gasteiger partial charge >= 0.3 is 5.97 Å². The van der Waals surface area contributed by atoms with Crippen LogP contribution < -0.4 is 4.90 Å². The lowest BCUT2D eigenvalue weighted by Gasteiger charge is -2.31. The lowest BCUT2D eigenvalue weighted by Crippen LogP contribution is -2.43. The van der Waals surface area contributed by atoms with E-state index in [2.05, 4.69) is 0 Å². The number of hydrogen-bond acceptors (Lipinski definition) is 3. The number of fused-ring (bicyclic) bond motifs is 1. The first-order chi connectivity index (χ1) is 12.4. The fourth-order valence-corrected chi connectivity index (χ4v) is 4.20. The van der Waals surface area contributed by atoms with Gasteiger partial charge in [0.25, 0.3) is 5.91 Å². The standard InChI is InChI=1S/C19H17ClN2O4/c1-21-14-7-6-11(20)9-13(14)16(17(21)19(25)26)22-15(23)8-10-4-2-3-5-12(10)18(22)24/h6-7,9H,2-5,8H2,1H3,(H,25,26). The summed E-state index contributed by atoms with van der Waals surface area (Å²) in [5.41, 5.74) is 2.18. The highest BCUT2D eigenvalue weighted by molar-refractivity contribution is 6.33. The number of amides is 2. The molecule has 0 atom stereocenters. The normalized spacial score (nSPS) is 17.8. The van der Waals surface area contributed by atoms with Gasteiger partial charge in [0.15, 0.2) is 5.69 Å². The zero-order valence-corrected chi connectivity index (χ0v) is 15.0. The molecule has 1 aliphatic carbocycles. The van der Waals surface area contributed by atoms with Crippen molar-refractivity contribution in [1.29, 1.82) is 0 Å². The van der Waals surface area contributed by atoms with E-state index in [4.69, 9.17) is 11.6 Å². The van der Waals surface area contributed by atoms with Crippen LogP contribution >= 0.6 is 11.6 Å². The Morgan fingerprint density at radius 1 is 1.19 bits per heavy atom. The molecule has 0 unspecified atom stereocenters. The topological polar surface area (TPSA) is 79.6 Å². The van der Waals surface area contributed by atoms with E-state index in [1.807, 2.05) is 0 Å². The molecule has 1 aromatic carbocycles. The third-order valence-corrected chi connectivity index (χ3v) is 5.45. The van der Waals surface area contributed by atoms with E-state index in [9.17, 15) is 19.5 Å². The fraction of sp³-hybridized carbons (Fsp3) is 0.316. The summed E-state index contributed by atoms with van der Waals surface area (Å²) in [6, 6.07) is 4.95. The van der Waals surface area contributed by atoms with Crippen LogP contribution in [-0.2, 0) is 16.6 Å². The van der Waals surface area contributed by atoms with E-state index >= 15 is 0 Å². The van der Waals surface area contributed by atoms with Gasteiger partial charge in [-0.1, -0.05) is 17.2 Å². The molecule has 0 bridgehead atoms. The Balaban J connectivity index is 1.99. The van der Waals surface area contributed by atoms with Crippen LogP contribution in [0, 0.1) is 0 Å². The third kappa shape index (κ3) is 2.36. The number of anilines is 1. The molecule has 2 aromatic rings. The Labute approximate surface area is 154 Å². The Bertz CT molecular complexity index is 1020. The number of nitrogens with zero attached hydrogens (tertiary/aromatic N) is 2. The summed E-state index contributed by atoms with van der Waals surface area (Å²) in [7, 11) is 1.60. The van der Waals surface area contributed by atoms with E-state index in [1.54, 1.807) is 25.2 Å². The van der Waals surface area contributed by atoms with Gasteiger partial charge in [0.2, 0.25) is 5.91 Å². The van der Waals surface area contributed by atoms with Crippen LogP contribution in [0.4, 0.5) is 5.69 Å². The third-order valence-electron chi connectivity index (χ3n) is 5.22. The molecule has 1 N–H and O–H groups in total. The predicted octanol–water partition coefficient (Wildman–Crippen LogP) is 3.66. The minimum absolute atomic E-state index is 0.0937. The van der Waals surface area contributed by atoms with Gasteiger partial charge in [0.1, 0.15) is 0 Å². The summed E-state index contributed by atoms with van der Waals surface area (Å²) in [5.74, 6) is -1.98. The summed E-state index contributed by atoms with van der Waals surface area (Å²) in [6.07, 6.45) is 3.43. The van der Waals surface area contributed by atoms with Crippen LogP contribution in [0.15, 0.2) is 29.3 Å². The summed E-state index contributed by atoms with van der Waals surface area (Å²) < 4.78 is 1.48. The van der Waals surface area contributed by atoms with Crippen LogP contribution in [-0.4, -0.2) is 27.5 Å². The monoisotopic (exact) mass is 372 g/mol. The van der Waals surface area contributed by atoms with Crippen LogP contribution in [0.25, 0.3) is 10.9 Å². The molecule has 1 aromatic heterocycles. The summed E-state index contributed by atoms with van der Waals surface area (Å²) in [6.45, 7) is 0. The van der Waals surface area contributed by atoms with Crippen molar-refractivity contribution in [3.8, 4) is 0 Å². The average molecular weight is 373 g/mol. The zero-order valence-electron chi connectivity index (χ0n) is 14.2.